The number of hydrogen-bond acceptors (Lipinski definition) is 3. The molecule has 3 nitrogen and oxygen atoms in total. The number of nitriles is 1. The minimum atomic E-state index is 0.0682. The number of ketones is 1. The highest BCUT2D eigenvalue weighted by molar-refractivity contribution is 9.09. The van der Waals surface area contributed by atoms with Crippen molar-refractivity contribution in [1.82, 2.24) is 4.57 Å². The van der Waals surface area contributed by atoms with Crippen molar-refractivity contribution >= 4 is 39.6 Å². The van der Waals surface area contributed by atoms with Crippen LogP contribution in [0.15, 0.2) is 36.4 Å². The topological polar surface area (TPSA) is 45.8 Å². The van der Waals surface area contributed by atoms with Crippen LogP contribution in [0.3, 0.4) is 0 Å². The van der Waals surface area contributed by atoms with Crippen molar-refractivity contribution in [2.24, 2.45) is 0 Å². The number of carbonyl (C=O) groups excluding carboxylic acids is 1. The van der Waals surface area contributed by atoms with Gasteiger partial charge in [-0.15, -0.1) is 0 Å². The van der Waals surface area contributed by atoms with E-state index >= 15 is 0 Å². The predicted molar refractivity (Wildman–Crippen MR) is 105 cm³/mol. The van der Waals surface area contributed by atoms with Crippen LogP contribution in [-0.4, -0.2) is 27.7 Å². The Balaban J connectivity index is 2.49. The van der Waals surface area contributed by atoms with E-state index in [1.807, 2.05) is 36.9 Å². The molecule has 1 aromatic heterocycles. The number of alkyl halides is 1. The van der Waals surface area contributed by atoms with Gasteiger partial charge in [-0.2, -0.15) is 17.0 Å². The van der Waals surface area contributed by atoms with Gasteiger partial charge >= 0.3 is 0 Å². The number of hydrogen-bond donors (Lipinski definition) is 0. The Morgan fingerprint density at radius 3 is 2.67 bits per heavy atom. The number of aromatic nitrogens is 1. The van der Waals surface area contributed by atoms with E-state index in [9.17, 15) is 4.79 Å². The third kappa shape index (κ3) is 4.19. The van der Waals surface area contributed by atoms with Gasteiger partial charge < -0.3 is 4.57 Å². The van der Waals surface area contributed by atoms with E-state index in [0.29, 0.717) is 10.9 Å². The molecule has 124 valence electrons. The fourth-order valence-corrected chi connectivity index (χ4v) is 3.20. The lowest BCUT2D eigenvalue weighted by molar-refractivity contribution is 0.102. The number of Topliss-reactive ketones (excluding diaryl/α,β-unsaturated/α-hetero) is 1. The minimum Gasteiger partial charge on any atom is -0.314 e. The number of rotatable bonds is 7. The fraction of sp³-hybridized carbons (Fsp3) is 0.263. The summed E-state index contributed by atoms with van der Waals surface area (Å²) >= 11 is 5.06. The maximum Gasteiger partial charge on any atom is 0.175 e. The lowest BCUT2D eigenvalue weighted by atomic mass is 10.2. The molecule has 0 saturated heterocycles. The van der Waals surface area contributed by atoms with Gasteiger partial charge in [-0.3, -0.25) is 4.79 Å². The van der Waals surface area contributed by atoms with Gasteiger partial charge in [-0.25, -0.2) is 0 Å². The third-order valence-electron chi connectivity index (χ3n) is 3.73. The minimum absolute atomic E-state index is 0.0682. The van der Waals surface area contributed by atoms with Gasteiger partial charge in [0.25, 0.3) is 0 Å². The van der Waals surface area contributed by atoms with Gasteiger partial charge in [0.2, 0.25) is 0 Å². The van der Waals surface area contributed by atoms with Crippen LogP contribution in [0.2, 0.25) is 0 Å². The van der Waals surface area contributed by atoms with E-state index in [0.717, 1.165) is 34.8 Å². The number of halogens is 1. The molecule has 0 fully saturated rings. The molecule has 0 amide bonds. The average molecular weight is 403 g/mol. The van der Waals surface area contributed by atoms with Crippen molar-refractivity contribution in [1.29, 1.82) is 5.26 Å². The average Bonchev–Trinajstić information content (AvgIpc) is 2.94. The summed E-state index contributed by atoms with van der Waals surface area (Å²) in [5, 5.41) is 9.27. The Bertz CT molecular complexity index is 785. The summed E-state index contributed by atoms with van der Waals surface area (Å²) in [6.45, 7) is 1.95. The zero-order chi connectivity index (χ0) is 17.5. The molecule has 0 unspecified atom stereocenters. The van der Waals surface area contributed by atoms with E-state index in [-0.39, 0.29) is 5.78 Å². The fourth-order valence-electron chi connectivity index (χ4n) is 2.53. The molecule has 0 saturated carbocycles. The summed E-state index contributed by atoms with van der Waals surface area (Å²) in [5.41, 5.74) is 4.18. The van der Waals surface area contributed by atoms with Gasteiger partial charge in [0, 0.05) is 22.6 Å². The molecule has 0 bridgehead atoms. The quantitative estimate of drug-likeness (QED) is 0.371. The van der Waals surface area contributed by atoms with Crippen molar-refractivity contribution in [2.45, 2.75) is 13.3 Å². The second kappa shape index (κ2) is 8.91. The zero-order valence-corrected chi connectivity index (χ0v) is 16.2. The first-order valence-electron chi connectivity index (χ1n) is 7.60. The van der Waals surface area contributed by atoms with Gasteiger partial charge in [0.1, 0.15) is 0 Å². The molecule has 0 aliphatic rings. The van der Waals surface area contributed by atoms with E-state index in [4.69, 9.17) is 5.26 Å². The first kappa shape index (κ1) is 18.6. The van der Waals surface area contributed by atoms with Crippen LogP contribution in [0.25, 0.3) is 11.8 Å². The zero-order valence-electron chi connectivity index (χ0n) is 13.8. The van der Waals surface area contributed by atoms with Gasteiger partial charge in [0.15, 0.2) is 5.78 Å². The molecule has 0 radical (unpaired) electrons. The molecule has 0 aliphatic carbocycles. The summed E-state index contributed by atoms with van der Waals surface area (Å²) < 4.78 is 2.06. The maximum absolute atomic E-state index is 12.2. The van der Waals surface area contributed by atoms with Crippen LogP contribution in [0.4, 0.5) is 0 Å². The summed E-state index contributed by atoms with van der Waals surface area (Å²) in [5.74, 6) is 1.14. The Morgan fingerprint density at radius 2 is 2.08 bits per heavy atom. The highest BCUT2D eigenvalue weighted by Crippen LogP contribution is 2.24. The second-order valence-electron chi connectivity index (χ2n) is 5.30. The Kier molecular flexibility index (Phi) is 6.89. The lowest BCUT2D eigenvalue weighted by Gasteiger charge is -2.10. The van der Waals surface area contributed by atoms with Crippen molar-refractivity contribution < 1.29 is 4.79 Å². The predicted octanol–water partition coefficient (Wildman–Crippen LogP) is 5.00. The number of nitrogens with zero attached hydrogens (tertiary/aromatic N) is 2. The molecular weight excluding hydrogens is 384 g/mol. The van der Waals surface area contributed by atoms with Crippen molar-refractivity contribution in [3.8, 4) is 11.8 Å². The largest absolute Gasteiger partial charge is 0.314 e. The molecule has 2 aromatic rings. The molecule has 0 atom stereocenters. The first-order valence-corrected chi connectivity index (χ1v) is 10.1. The highest BCUT2D eigenvalue weighted by Gasteiger charge is 2.16. The molecule has 0 N–H and O–H groups in total. The summed E-state index contributed by atoms with van der Waals surface area (Å²) in [6, 6.07) is 11.5. The van der Waals surface area contributed by atoms with E-state index in [2.05, 4.69) is 45.0 Å². The van der Waals surface area contributed by atoms with Crippen LogP contribution < -0.4 is 0 Å². The van der Waals surface area contributed by atoms with E-state index < -0.39 is 0 Å². The van der Waals surface area contributed by atoms with Crippen molar-refractivity contribution in [2.75, 3.05) is 17.3 Å². The molecule has 5 heteroatoms. The summed E-state index contributed by atoms with van der Waals surface area (Å²) in [7, 11) is 0. The van der Waals surface area contributed by atoms with Crippen molar-refractivity contribution in [3.05, 3.63) is 58.9 Å². The van der Waals surface area contributed by atoms with Crippen LogP contribution in [0.5, 0.6) is 0 Å². The molecule has 1 aromatic carbocycles. The molecule has 0 aliphatic heterocycles. The Labute approximate surface area is 155 Å². The van der Waals surface area contributed by atoms with Gasteiger partial charge in [0.05, 0.1) is 17.0 Å². The molecular formula is C19H19BrN2OS. The van der Waals surface area contributed by atoms with E-state index in [1.165, 1.54) is 0 Å². The smallest absolute Gasteiger partial charge is 0.175 e. The monoisotopic (exact) mass is 402 g/mol. The van der Waals surface area contributed by atoms with Crippen LogP contribution in [-0.2, 0) is 0 Å². The molecule has 1 heterocycles. The third-order valence-corrected chi connectivity index (χ3v) is 4.88. The van der Waals surface area contributed by atoms with Crippen LogP contribution in [0, 0.1) is 18.3 Å². The second-order valence-corrected chi connectivity index (χ2v) is 6.85. The Hall–Kier alpha value is -1.77. The normalized spacial score (nSPS) is 10.9. The first-order chi connectivity index (χ1) is 11.6. The number of allylic oxidation sites excluding steroid dienone is 1. The molecule has 24 heavy (non-hydrogen) atoms. The van der Waals surface area contributed by atoms with Crippen LogP contribution >= 0.6 is 27.7 Å². The maximum atomic E-state index is 12.2. The lowest BCUT2D eigenvalue weighted by Crippen LogP contribution is -2.04. The number of carbonyl (C=O) groups is 1. The molecule has 0 spiro atoms. The number of thioether (sulfide) groups is 1. The van der Waals surface area contributed by atoms with Gasteiger partial charge in [-0.05, 0) is 61.8 Å². The van der Waals surface area contributed by atoms with E-state index in [1.54, 1.807) is 12.1 Å². The summed E-state index contributed by atoms with van der Waals surface area (Å²) in [4.78, 5) is 12.2. The SMILES string of the molecule is CSCCC=Cc1cc(C(=O)CBr)c(C)n1-c1ccc(C#N)cc1. The Morgan fingerprint density at radius 1 is 1.38 bits per heavy atom. The summed E-state index contributed by atoms with van der Waals surface area (Å²) in [6.07, 6.45) is 7.27. The van der Waals surface area contributed by atoms with Gasteiger partial charge in [-0.1, -0.05) is 22.0 Å². The van der Waals surface area contributed by atoms with Crippen molar-refractivity contribution in [3.63, 3.8) is 0 Å². The number of benzene rings is 1. The van der Waals surface area contributed by atoms with Crippen LogP contribution in [0.1, 0.15) is 33.7 Å². The highest BCUT2D eigenvalue weighted by atomic mass is 79.9. The standard InChI is InChI=1S/C19H19BrN2OS/c1-14-18(19(23)12-20)11-17(5-3-4-10-24-2)22(14)16-8-6-15(13-21)7-9-16/h3,5-9,11H,4,10,12H2,1-2H3. The molecule has 2 rings (SSSR count).